The molecule has 1 rings (SSSR count). The fraction of sp³-hybridized carbons (Fsp3) is 0.500. The summed E-state index contributed by atoms with van der Waals surface area (Å²) < 4.78 is 43.3. The third-order valence-corrected chi connectivity index (χ3v) is 3.06. The van der Waals surface area contributed by atoms with Gasteiger partial charge in [-0.15, -0.1) is 0 Å². The van der Waals surface area contributed by atoms with Crippen LogP contribution in [0.5, 0.6) is 0 Å². The summed E-state index contributed by atoms with van der Waals surface area (Å²) in [6.45, 7) is 2.72. The molecule has 1 aromatic rings. The van der Waals surface area contributed by atoms with Crippen LogP contribution in [0.15, 0.2) is 22.7 Å². The van der Waals surface area contributed by atoms with Crippen molar-refractivity contribution < 1.29 is 17.9 Å². The number of nitrogens with two attached hydrogens (primary N) is 1. The zero-order chi connectivity index (χ0) is 13.8. The molecule has 1 atom stereocenters. The molecule has 0 aliphatic heterocycles. The fourth-order valence-electron chi connectivity index (χ4n) is 1.44. The monoisotopic (exact) mass is 325 g/mol. The van der Waals surface area contributed by atoms with Gasteiger partial charge in [-0.3, -0.25) is 0 Å². The summed E-state index contributed by atoms with van der Waals surface area (Å²) >= 11 is 2.89. The van der Waals surface area contributed by atoms with Crippen molar-refractivity contribution in [1.82, 2.24) is 0 Å². The minimum absolute atomic E-state index is 0.0143. The molecule has 1 unspecified atom stereocenters. The minimum atomic E-state index is -4.39. The molecule has 0 radical (unpaired) electrons. The third-order valence-electron chi connectivity index (χ3n) is 2.37. The SMILES string of the molecule is CCCOCC(N)c1ccc(Br)c(C(F)(F)F)c1. The van der Waals surface area contributed by atoms with Crippen LogP contribution in [0, 0.1) is 0 Å². The van der Waals surface area contributed by atoms with E-state index in [2.05, 4.69) is 15.9 Å². The highest BCUT2D eigenvalue weighted by Gasteiger charge is 2.33. The number of alkyl halides is 3. The molecule has 0 saturated carbocycles. The maximum atomic E-state index is 12.7. The number of rotatable bonds is 5. The summed E-state index contributed by atoms with van der Waals surface area (Å²) in [7, 11) is 0. The summed E-state index contributed by atoms with van der Waals surface area (Å²) in [4.78, 5) is 0. The van der Waals surface area contributed by atoms with Crippen LogP contribution in [-0.4, -0.2) is 13.2 Å². The van der Waals surface area contributed by atoms with Crippen LogP contribution < -0.4 is 5.73 Å². The second-order valence-electron chi connectivity index (χ2n) is 3.92. The molecule has 0 heterocycles. The lowest BCUT2D eigenvalue weighted by Crippen LogP contribution is -2.18. The molecule has 0 aliphatic carbocycles. The number of hydrogen-bond donors (Lipinski definition) is 1. The Labute approximate surface area is 112 Å². The molecular formula is C12H15BrF3NO. The first-order chi connectivity index (χ1) is 8.36. The molecule has 0 amide bonds. The Morgan fingerprint density at radius 1 is 1.39 bits per heavy atom. The van der Waals surface area contributed by atoms with Crippen molar-refractivity contribution >= 4 is 15.9 Å². The van der Waals surface area contributed by atoms with Gasteiger partial charge >= 0.3 is 6.18 Å². The molecule has 0 spiro atoms. The first kappa shape index (κ1) is 15.5. The van der Waals surface area contributed by atoms with Crippen LogP contribution in [0.4, 0.5) is 13.2 Å². The van der Waals surface area contributed by atoms with Gasteiger partial charge in [0.25, 0.3) is 0 Å². The van der Waals surface area contributed by atoms with E-state index in [4.69, 9.17) is 10.5 Å². The van der Waals surface area contributed by atoms with E-state index < -0.39 is 17.8 Å². The van der Waals surface area contributed by atoms with E-state index in [1.165, 1.54) is 6.07 Å². The molecule has 0 aliphatic rings. The lowest BCUT2D eigenvalue weighted by atomic mass is 10.0. The molecule has 2 nitrogen and oxygen atoms in total. The van der Waals surface area contributed by atoms with Gasteiger partial charge in [-0.2, -0.15) is 13.2 Å². The Bertz CT molecular complexity index is 395. The van der Waals surface area contributed by atoms with Crippen LogP contribution in [-0.2, 0) is 10.9 Å². The molecule has 2 N–H and O–H groups in total. The lowest BCUT2D eigenvalue weighted by Gasteiger charge is -2.16. The van der Waals surface area contributed by atoms with Crippen LogP contribution >= 0.6 is 15.9 Å². The van der Waals surface area contributed by atoms with Gasteiger partial charge < -0.3 is 10.5 Å². The van der Waals surface area contributed by atoms with Gasteiger partial charge in [0.2, 0.25) is 0 Å². The number of ether oxygens (including phenoxy) is 1. The summed E-state index contributed by atoms with van der Waals surface area (Å²) in [6.07, 6.45) is -3.54. The molecule has 1 aromatic carbocycles. The Hall–Kier alpha value is -0.590. The quantitative estimate of drug-likeness (QED) is 0.833. The summed E-state index contributed by atoms with van der Waals surface area (Å²) in [5, 5.41) is 0. The standard InChI is InChI=1S/C12H15BrF3NO/c1-2-5-18-7-11(17)8-3-4-10(13)9(6-8)12(14,15)16/h3-4,6,11H,2,5,7,17H2,1H3. The Morgan fingerprint density at radius 3 is 2.61 bits per heavy atom. The van der Waals surface area contributed by atoms with Crippen molar-refractivity contribution in [3.63, 3.8) is 0 Å². The lowest BCUT2D eigenvalue weighted by molar-refractivity contribution is -0.138. The topological polar surface area (TPSA) is 35.2 Å². The predicted molar refractivity (Wildman–Crippen MR) is 67.2 cm³/mol. The van der Waals surface area contributed by atoms with E-state index in [1.54, 1.807) is 6.07 Å². The molecule has 102 valence electrons. The van der Waals surface area contributed by atoms with E-state index in [9.17, 15) is 13.2 Å². The maximum absolute atomic E-state index is 12.7. The van der Waals surface area contributed by atoms with E-state index in [0.717, 1.165) is 12.5 Å². The van der Waals surface area contributed by atoms with Gasteiger partial charge in [0.1, 0.15) is 0 Å². The van der Waals surface area contributed by atoms with Crippen molar-refractivity contribution in [2.75, 3.05) is 13.2 Å². The first-order valence-corrected chi connectivity index (χ1v) is 6.35. The number of halogens is 4. The fourth-order valence-corrected chi connectivity index (χ4v) is 1.91. The Balaban J connectivity index is 2.84. The molecule has 0 fully saturated rings. The van der Waals surface area contributed by atoms with Crippen LogP contribution in [0.25, 0.3) is 0 Å². The summed E-state index contributed by atoms with van der Waals surface area (Å²) in [5.41, 5.74) is 5.49. The zero-order valence-corrected chi connectivity index (χ0v) is 11.5. The van der Waals surface area contributed by atoms with Gasteiger partial charge in [0, 0.05) is 11.1 Å². The molecule has 0 aromatic heterocycles. The average molecular weight is 326 g/mol. The largest absolute Gasteiger partial charge is 0.417 e. The minimum Gasteiger partial charge on any atom is -0.379 e. The Kier molecular flexibility index (Phi) is 5.62. The van der Waals surface area contributed by atoms with Crippen LogP contribution in [0.2, 0.25) is 0 Å². The van der Waals surface area contributed by atoms with Crippen molar-refractivity contribution in [3.05, 3.63) is 33.8 Å². The highest BCUT2D eigenvalue weighted by Crippen LogP contribution is 2.36. The van der Waals surface area contributed by atoms with Gasteiger partial charge in [0.15, 0.2) is 0 Å². The second kappa shape index (κ2) is 6.54. The van der Waals surface area contributed by atoms with Crippen molar-refractivity contribution in [3.8, 4) is 0 Å². The summed E-state index contributed by atoms with van der Waals surface area (Å²) in [6, 6.07) is 3.44. The van der Waals surface area contributed by atoms with Crippen molar-refractivity contribution in [2.24, 2.45) is 5.73 Å². The van der Waals surface area contributed by atoms with E-state index in [-0.39, 0.29) is 11.1 Å². The van der Waals surface area contributed by atoms with Crippen LogP contribution in [0.1, 0.15) is 30.5 Å². The second-order valence-corrected chi connectivity index (χ2v) is 4.77. The smallest absolute Gasteiger partial charge is 0.379 e. The number of benzene rings is 1. The Morgan fingerprint density at radius 2 is 2.06 bits per heavy atom. The molecule has 0 saturated heterocycles. The van der Waals surface area contributed by atoms with Gasteiger partial charge in [-0.1, -0.05) is 28.9 Å². The normalized spacial score (nSPS) is 13.7. The predicted octanol–water partition coefficient (Wildman–Crippen LogP) is 3.89. The molecular weight excluding hydrogens is 311 g/mol. The summed E-state index contributed by atoms with van der Waals surface area (Å²) in [5.74, 6) is 0. The highest BCUT2D eigenvalue weighted by atomic mass is 79.9. The molecule has 6 heteroatoms. The van der Waals surface area contributed by atoms with Gasteiger partial charge in [-0.25, -0.2) is 0 Å². The van der Waals surface area contributed by atoms with Crippen molar-refractivity contribution in [1.29, 1.82) is 0 Å². The zero-order valence-electron chi connectivity index (χ0n) is 9.93. The molecule has 18 heavy (non-hydrogen) atoms. The van der Waals surface area contributed by atoms with Crippen LogP contribution in [0.3, 0.4) is 0 Å². The van der Waals surface area contributed by atoms with Gasteiger partial charge in [-0.05, 0) is 24.1 Å². The molecule has 0 bridgehead atoms. The first-order valence-electron chi connectivity index (χ1n) is 5.56. The van der Waals surface area contributed by atoms with Gasteiger partial charge in [0.05, 0.1) is 18.2 Å². The number of hydrogen-bond acceptors (Lipinski definition) is 2. The van der Waals surface area contributed by atoms with Crippen molar-refractivity contribution in [2.45, 2.75) is 25.6 Å². The van der Waals surface area contributed by atoms with E-state index in [0.29, 0.717) is 12.2 Å². The highest BCUT2D eigenvalue weighted by molar-refractivity contribution is 9.10. The maximum Gasteiger partial charge on any atom is 0.417 e. The van der Waals surface area contributed by atoms with E-state index >= 15 is 0 Å². The third kappa shape index (κ3) is 4.26. The van der Waals surface area contributed by atoms with E-state index in [1.807, 2.05) is 6.92 Å². The average Bonchev–Trinajstić information content (AvgIpc) is 2.28.